The van der Waals surface area contributed by atoms with Gasteiger partial charge in [0.25, 0.3) is 5.91 Å². The molecule has 2 fully saturated rings. The predicted molar refractivity (Wildman–Crippen MR) is 152 cm³/mol. The first-order valence-electron chi connectivity index (χ1n) is 13.6. The monoisotopic (exact) mass is 519 g/mol. The molecule has 2 heterocycles. The number of nitriles is 1. The van der Waals surface area contributed by atoms with Crippen molar-refractivity contribution in [2.45, 2.75) is 36.8 Å². The van der Waals surface area contributed by atoms with Crippen LogP contribution in [0.3, 0.4) is 0 Å². The molecule has 198 valence electrons. The normalized spacial score (nSPS) is 21.8. The molecule has 0 bridgehead atoms. The van der Waals surface area contributed by atoms with Crippen LogP contribution in [0.5, 0.6) is 0 Å². The maximum atomic E-state index is 14.1. The second kappa shape index (κ2) is 10.3. The molecule has 0 spiro atoms. The lowest BCUT2D eigenvalue weighted by Gasteiger charge is -2.24. The molecule has 1 saturated carbocycles. The summed E-state index contributed by atoms with van der Waals surface area (Å²) in [7, 11) is 3.49. The molecule has 1 unspecified atom stereocenters. The van der Waals surface area contributed by atoms with Crippen molar-refractivity contribution in [3.8, 4) is 6.07 Å². The minimum atomic E-state index is -0.888. The van der Waals surface area contributed by atoms with Gasteiger partial charge in [-0.2, -0.15) is 5.26 Å². The highest BCUT2D eigenvalue weighted by atomic mass is 16.5. The zero-order chi connectivity index (χ0) is 27.0. The second-order valence-corrected chi connectivity index (χ2v) is 10.7. The van der Waals surface area contributed by atoms with Crippen LogP contribution in [-0.2, 0) is 15.0 Å². The quantitative estimate of drug-likeness (QED) is 0.282. The third-order valence-corrected chi connectivity index (χ3v) is 8.51. The molecular weight excluding hydrogens is 486 g/mol. The number of methoxy groups -OCH3 is 1. The molecule has 1 aromatic heterocycles. The summed E-state index contributed by atoms with van der Waals surface area (Å²) in [6.07, 6.45) is 2.34. The van der Waals surface area contributed by atoms with Crippen molar-refractivity contribution < 1.29 is 14.3 Å². The molecule has 1 amide bonds. The molecule has 4 aromatic rings. The molecular formula is C33H33N3O3. The standard InChI is InChI=1S/C33H33N3O3/c1-35(27-11-7-4-8-12-27)32(37)30-20-26-19-25(23-15-17-39-18-16-23)13-14-29(26)36(30)33(22-34)21-28(33)31(38-2)24-9-5-3-6-10-24/h3-14,19-20,23,28,31H,15-18,21H2,1-2H3/t28-,31?,33-/m1/s1. The fourth-order valence-corrected chi connectivity index (χ4v) is 6.29. The van der Waals surface area contributed by atoms with Crippen LogP contribution in [0.1, 0.15) is 52.9 Å². The van der Waals surface area contributed by atoms with Crippen LogP contribution in [-0.4, -0.2) is 37.8 Å². The third kappa shape index (κ3) is 4.42. The highest BCUT2D eigenvalue weighted by molar-refractivity contribution is 6.08. The number of anilines is 1. The number of carbonyl (C=O) groups excluding carboxylic acids is 1. The molecule has 6 heteroatoms. The third-order valence-electron chi connectivity index (χ3n) is 8.51. The van der Waals surface area contributed by atoms with Crippen LogP contribution >= 0.6 is 0 Å². The van der Waals surface area contributed by atoms with Crippen LogP contribution in [0.4, 0.5) is 5.69 Å². The van der Waals surface area contributed by atoms with Gasteiger partial charge in [-0.3, -0.25) is 4.79 Å². The number of nitrogens with zero attached hydrogens (tertiary/aromatic N) is 3. The Balaban J connectivity index is 1.47. The Hall–Kier alpha value is -3.92. The zero-order valence-corrected chi connectivity index (χ0v) is 22.4. The summed E-state index contributed by atoms with van der Waals surface area (Å²) in [5, 5.41) is 11.7. The Morgan fingerprint density at radius 1 is 1.05 bits per heavy atom. The average molecular weight is 520 g/mol. The van der Waals surface area contributed by atoms with E-state index in [2.05, 4.69) is 24.3 Å². The van der Waals surface area contributed by atoms with Crippen LogP contribution in [0.2, 0.25) is 0 Å². The number of para-hydroxylation sites is 1. The van der Waals surface area contributed by atoms with Gasteiger partial charge >= 0.3 is 0 Å². The van der Waals surface area contributed by atoms with Gasteiger partial charge in [0.1, 0.15) is 11.2 Å². The van der Waals surface area contributed by atoms with Crippen molar-refractivity contribution in [1.82, 2.24) is 4.57 Å². The summed E-state index contributed by atoms with van der Waals surface area (Å²) in [5.41, 5.74) is 3.64. The van der Waals surface area contributed by atoms with E-state index in [0.717, 1.165) is 48.2 Å². The first kappa shape index (κ1) is 25.4. The lowest BCUT2D eigenvalue weighted by atomic mass is 9.91. The molecule has 2 aliphatic rings. The molecule has 1 aliphatic heterocycles. The summed E-state index contributed by atoms with van der Waals surface area (Å²) in [4.78, 5) is 15.7. The van der Waals surface area contributed by atoms with Gasteiger partial charge in [0, 0.05) is 44.4 Å². The molecule has 1 saturated heterocycles. The second-order valence-electron chi connectivity index (χ2n) is 10.7. The minimum Gasteiger partial charge on any atom is -0.381 e. The molecule has 0 radical (unpaired) electrons. The van der Waals surface area contributed by atoms with Crippen molar-refractivity contribution in [1.29, 1.82) is 5.26 Å². The highest BCUT2D eigenvalue weighted by Crippen LogP contribution is 2.59. The number of carbonyl (C=O) groups is 1. The molecule has 3 atom stereocenters. The van der Waals surface area contributed by atoms with E-state index in [-0.39, 0.29) is 17.9 Å². The van der Waals surface area contributed by atoms with E-state index < -0.39 is 5.54 Å². The summed E-state index contributed by atoms with van der Waals surface area (Å²) >= 11 is 0. The Labute approximate surface area is 229 Å². The summed E-state index contributed by atoms with van der Waals surface area (Å²) in [5.74, 6) is 0.209. The Kier molecular flexibility index (Phi) is 6.72. The zero-order valence-electron chi connectivity index (χ0n) is 22.4. The first-order valence-corrected chi connectivity index (χ1v) is 13.6. The number of rotatable bonds is 7. The molecule has 6 rings (SSSR count). The van der Waals surface area contributed by atoms with E-state index in [1.165, 1.54) is 5.56 Å². The van der Waals surface area contributed by atoms with Gasteiger partial charge in [-0.25, -0.2) is 0 Å². The van der Waals surface area contributed by atoms with Gasteiger partial charge in [0.2, 0.25) is 0 Å². The SMILES string of the molecule is COC(c1ccccc1)[C@H]1C[C@]1(C#N)n1c(C(=O)N(C)c2ccccc2)cc2cc(C3CCOCC3)ccc21. The molecule has 0 N–H and O–H groups in total. The number of benzene rings is 3. The van der Waals surface area contributed by atoms with Gasteiger partial charge in [0.05, 0.1) is 17.7 Å². The lowest BCUT2D eigenvalue weighted by molar-refractivity contribution is 0.0757. The number of hydrogen-bond acceptors (Lipinski definition) is 4. The largest absolute Gasteiger partial charge is 0.381 e. The molecule has 1 aliphatic carbocycles. The smallest absolute Gasteiger partial charge is 0.274 e. The van der Waals surface area contributed by atoms with Gasteiger partial charge < -0.3 is 18.9 Å². The van der Waals surface area contributed by atoms with Gasteiger partial charge in [0.15, 0.2) is 0 Å². The van der Waals surface area contributed by atoms with Crippen LogP contribution in [0.15, 0.2) is 84.9 Å². The number of ether oxygens (including phenoxy) is 2. The van der Waals surface area contributed by atoms with Gasteiger partial charge in [-0.15, -0.1) is 0 Å². The predicted octanol–water partition coefficient (Wildman–Crippen LogP) is 6.44. The Morgan fingerprint density at radius 3 is 2.41 bits per heavy atom. The number of hydrogen-bond donors (Lipinski definition) is 0. The van der Waals surface area contributed by atoms with E-state index in [1.807, 2.05) is 71.3 Å². The number of amides is 1. The average Bonchev–Trinajstić information content (AvgIpc) is 3.60. The molecule has 6 nitrogen and oxygen atoms in total. The van der Waals surface area contributed by atoms with Crippen LogP contribution in [0.25, 0.3) is 10.9 Å². The van der Waals surface area contributed by atoms with Crippen LogP contribution in [0, 0.1) is 17.2 Å². The summed E-state index contributed by atoms with van der Waals surface area (Å²) < 4.78 is 13.5. The van der Waals surface area contributed by atoms with Crippen molar-refractivity contribution in [2.75, 3.05) is 32.3 Å². The van der Waals surface area contributed by atoms with Crippen molar-refractivity contribution in [3.05, 3.63) is 102 Å². The maximum absolute atomic E-state index is 14.1. The molecule has 3 aromatic carbocycles. The fourth-order valence-electron chi connectivity index (χ4n) is 6.29. The van der Waals surface area contributed by atoms with E-state index in [4.69, 9.17) is 9.47 Å². The van der Waals surface area contributed by atoms with E-state index in [0.29, 0.717) is 18.0 Å². The Morgan fingerprint density at radius 2 is 1.74 bits per heavy atom. The van der Waals surface area contributed by atoms with Crippen LogP contribution < -0.4 is 4.90 Å². The van der Waals surface area contributed by atoms with Gasteiger partial charge in [-0.1, -0.05) is 54.6 Å². The number of aromatic nitrogens is 1. The maximum Gasteiger partial charge on any atom is 0.274 e. The summed E-state index contributed by atoms with van der Waals surface area (Å²) in [6, 6.07) is 30.7. The fraction of sp³-hybridized carbons (Fsp3) is 0.333. The van der Waals surface area contributed by atoms with E-state index >= 15 is 0 Å². The van der Waals surface area contributed by atoms with Crippen molar-refractivity contribution in [3.63, 3.8) is 0 Å². The topological polar surface area (TPSA) is 67.5 Å². The highest BCUT2D eigenvalue weighted by Gasteiger charge is 2.62. The first-order chi connectivity index (χ1) is 19.1. The number of fused-ring (bicyclic) bond motifs is 1. The van der Waals surface area contributed by atoms with Crippen molar-refractivity contribution >= 4 is 22.5 Å². The minimum absolute atomic E-state index is 0.0887. The Bertz CT molecular complexity index is 1520. The van der Waals surface area contributed by atoms with Crippen molar-refractivity contribution in [2.24, 2.45) is 5.92 Å². The molecule has 39 heavy (non-hydrogen) atoms. The van der Waals surface area contributed by atoms with E-state index in [9.17, 15) is 10.1 Å². The lowest BCUT2D eigenvalue weighted by Crippen LogP contribution is -2.32. The van der Waals surface area contributed by atoms with E-state index in [1.54, 1.807) is 19.1 Å². The summed E-state index contributed by atoms with van der Waals surface area (Å²) in [6.45, 7) is 1.54. The van der Waals surface area contributed by atoms with Gasteiger partial charge in [-0.05, 0) is 66.6 Å².